The molecule has 0 radical (unpaired) electrons. The van der Waals surface area contributed by atoms with Crippen LogP contribution in [0, 0.1) is 10.1 Å². The predicted molar refractivity (Wildman–Crippen MR) is 124 cm³/mol. The third kappa shape index (κ3) is 6.70. The second kappa shape index (κ2) is 12.1. The van der Waals surface area contributed by atoms with Crippen LogP contribution >= 0.6 is 24.0 Å². The minimum Gasteiger partial charge on any atom is -0.454 e. The van der Waals surface area contributed by atoms with E-state index < -0.39 is 11.5 Å². The first-order chi connectivity index (χ1) is 15.0. The summed E-state index contributed by atoms with van der Waals surface area (Å²) in [7, 11) is 1.56. The number of anilines is 1. The van der Waals surface area contributed by atoms with Crippen LogP contribution in [0.5, 0.6) is 17.2 Å². The quantitative estimate of drug-likeness (QED) is 0.106. The number of guanidine groups is 1. The molecule has 0 saturated carbocycles. The van der Waals surface area contributed by atoms with Gasteiger partial charge in [0.2, 0.25) is 6.79 Å². The highest BCUT2D eigenvalue weighted by molar-refractivity contribution is 14.0. The third-order valence-electron chi connectivity index (χ3n) is 4.28. The van der Waals surface area contributed by atoms with E-state index in [0.29, 0.717) is 41.8 Å². The number of nitro benzene ring substituents is 1. The van der Waals surface area contributed by atoms with Gasteiger partial charge in [0.25, 0.3) is 5.69 Å². The van der Waals surface area contributed by atoms with Gasteiger partial charge in [-0.1, -0.05) is 12.1 Å². The molecule has 0 saturated heterocycles. The molecule has 1 aliphatic heterocycles. The van der Waals surface area contributed by atoms with Crippen molar-refractivity contribution >= 4 is 41.3 Å². The lowest BCUT2D eigenvalue weighted by atomic mass is 10.1. The van der Waals surface area contributed by atoms with Crippen LogP contribution in [0.3, 0.4) is 0 Å². The largest absolute Gasteiger partial charge is 0.454 e. The molecule has 13 heteroatoms. The van der Waals surface area contributed by atoms with Gasteiger partial charge in [0, 0.05) is 44.4 Å². The molecule has 0 fully saturated rings. The average Bonchev–Trinajstić information content (AvgIpc) is 3.20. The topological polar surface area (TPSA) is 119 Å². The Balaban J connectivity index is 0.00000363. The summed E-state index contributed by atoms with van der Waals surface area (Å²) in [6, 6.07) is 9.26. The second-order valence-corrected chi connectivity index (χ2v) is 6.25. The van der Waals surface area contributed by atoms with Gasteiger partial charge in [-0.25, -0.2) is 0 Å². The van der Waals surface area contributed by atoms with E-state index in [1.165, 1.54) is 12.1 Å². The first-order valence-corrected chi connectivity index (χ1v) is 9.27. The van der Waals surface area contributed by atoms with Gasteiger partial charge in [-0.05, 0) is 12.1 Å². The van der Waals surface area contributed by atoms with E-state index in [1.807, 2.05) is 0 Å². The highest BCUT2D eigenvalue weighted by atomic mass is 127. The van der Waals surface area contributed by atoms with Crippen molar-refractivity contribution in [3.8, 4) is 17.2 Å². The van der Waals surface area contributed by atoms with Crippen LogP contribution in [0.25, 0.3) is 0 Å². The molecule has 32 heavy (non-hydrogen) atoms. The van der Waals surface area contributed by atoms with E-state index in [1.54, 1.807) is 31.3 Å². The lowest BCUT2D eigenvalue weighted by Gasteiger charge is -2.15. The maximum absolute atomic E-state index is 12.7. The SMILES string of the molecule is CN=C(NCCNc1ccccc1[N+](=O)[O-])NCc1cc2c(cc1OC(F)F)OCO2.I. The molecule has 10 nitrogen and oxygen atoms in total. The van der Waals surface area contributed by atoms with Gasteiger partial charge in [0.15, 0.2) is 17.5 Å². The Morgan fingerprint density at radius 2 is 1.94 bits per heavy atom. The van der Waals surface area contributed by atoms with Gasteiger partial charge in [0.1, 0.15) is 11.4 Å². The summed E-state index contributed by atoms with van der Waals surface area (Å²) in [4.78, 5) is 14.7. The fourth-order valence-electron chi connectivity index (χ4n) is 2.87. The number of nitrogens with one attached hydrogen (secondary N) is 3. The van der Waals surface area contributed by atoms with Crippen LogP contribution in [0.2, 0.25) is 0 Å². The maximum Gasteiger partial charge on any atom is 0.387 e. The molecule has 1 heterocycles. The Hall–Kier alpha value is -3.10. The first-order valence-electron chi connectivity index (χ1n) is 9.27. The minimum atomic E-state index is -2.98. The van der Waals surface area contributed by atoms with E-state index >= 15 is 0 Å². The molecule has 0 atom stereocenters. The minimum absolute atomic E-state index is 0. The van der Waals surface area contributed by atoms with Gasteiger partial charge in [-0.2, -0.15) is 8.78 Å². The van der Waals surface area contributed by atoms with Crippen molar-refractivity contribution in [3.05, 3.63) is 52.1 Å². The Kier molecular flexibility index (Phi) is 9.49. The van der Waals surface area contributed by atoms with Gasteiger partial charge < -0.3 is 30.2 Å². The van der Waals surface area contributed by atoms with E-state index in [2.05, 4.69) is 25.7 Å². The molecular weight excluding hydrogens is 543 g/mol. The number of halogens is 3. The zero-order chi connectivity index (χ0) is 22.2. The molecule has 0 amide bonds. The highest BCUT2D eigenvalue weighted by Crippen LogP contribution is 2.38. The summed E-state index contributed by atoms with van der Waals surface area (Å²) >= 11 is 0. The fourth-order valence-corrected chi connectivity index (χ4v) is 2.87. The molecule has 0 aromatic heterocycles. The summed E-state index contributed by atoms with van der Waals surface area (Å²) in [6.45, 7) is -2.06. The Labute approximate surface area is 199 Å². The molecule has 174 valence electrons. The Morgan fingerprint density at radius 1 is 1.22 bits per heavy atom. The van der Waals surface area contributed by atoms with Gasteiger partial charge in [-0.3, -0.25) is 15.1 Å². The normalized spacial score (nSPS) is 12.2. The number of nitro groups is 1. The Morgan fingerprint density at radius 3 is 2.62 bits per heavy atom. The second-order valence-electron chi connectivity index (χ2n) is 6.25. The molecule has 3 N–H and O–H groups in total. The van der Waals surface area contributed by atoms with Crippen LogP contribution in [0.4, 0.5) is 20.2 Å². The standard InChI is InChI=1S/C19H21F2N5O5.HI/c1-22-19(24-7-6-23-13-4-2-3-5-14(13)26(27)28)25-10-12-8-16-17(30-11-29-16)9-15(12)31-18(20)21;/h2-5,8-9,18,23H,6-7,10-11H2,1H3,(H2,22,24,25);1H. The van der Waals surface area contributed by atoms with E-state index in [-0.39, 0.29) is 48.8 Å². The van der Waals surface area contributed by atoms with Crippen LogP contribution < -0.4 is 30.2 Å². The Bertz CT molecular complexity index is 964. The molecule has 0 unspecified atom stereocenters. The number of rotatable bonds is 9. The van der Waals surface area contributed by atoms with Gasteiger partial charge in [0.05, 0.1) is 4.92 Å². The molecule has 2 aromatic rings. The maximum atomic E-state index is 12.7. The van der Waals surface area contributed by atoms with Crippen molar-refractivity contribution in [1.29, 1.82) is 0 Å². The molecule has 0 spiro atoms. The summed E-state index contributed by atoms with van der Waals surface area (Å²) in [5, 5.41) is 20.1. The number of fused-ring (bicyclic) bond motifs is 1. The molecule has 0 aliphatic carbocycles. The number of benzene rings is 2. The van der Waals surface area contributed by atoms with Crippen molar-refractivity contribution in [2.24, 2.45) is 4.99 Å². The average molecular weight is 565 g/mol. The van der Waals surface area contributed by atoms with Crippen molar-refractivity contribution in [1.82, 2.24) is 10.6 Å². The van der Waals surface area contributed by atoms with Gasteiger partial charge >= 0.3 is 6.61 Å². The van der Waals surface area contributed by atoms with Crippen LogP contribution in [-0.4, -0.2) is 44.4 Å². The van der Waals surface area contributed by atoms with Crippen molar-refractivity contribution < 1.29 is 27.9 Å². The van der Waals surface area contributed by atoms with E-state index in [9.17, 15) is 18.9 Å². The van der Waals surface area contributed by atoms with Gasteiger partial charge in [-0.15, -0.1) is 24.0 Å². The number of alkyl halides is 2. The molecule has 0 bridgehead atoms. The number of hydrogen-bond acceptors (Lipinski definition) is 7. The van der Waals surface area contributed by atoms with Crippen molar-refractivity contribution in [2.75, 3.05) is 32.2 Å². The predicted octanol–water partition coefficient (Wildman–Crippen LogP) is 3.32. The smallest absolute Gasteiger partial charge is 0.387 e. The lowest BCUT2D eigenvalue weighted by molar-refractivity contribution is -0.384. The summed E-state index contributed by atoms with van der Waals surface area (Å²) in [5.74, 6) is 1.16. The van der Waals surface area contributed by atoms with Crippen LogP contribution in [0.15, 0.2) is 41.4 Å². The monoisotopic (exact) mass is 565 g/mol. The zero-order valence-electron chi connectivity index (χ0n) is 17.0. The number of aliphatic imine (C=N–C) groups is 1. The molecular formula is C19H22F2IN5O5. The van der Waals surface area contributed by atoms with Crippen LogP contribution in [-0.2, 0) is 6.54 Å². The van der Waals surface area contributed by atoms with E-state index in [4.69, 9.17) is 9.47 Å². The first kappa shape index (κ1) is 25.2. The third-order valence-corrected chi connectivity index (χ3v) is 4.28. The fraction of sp³-hybridized carbons (Fsp3) is 0.316. The molecule has 2 aromatic carbocycles. The lowest BCUT2D eigenvalue weighted by Crippen LogP contribution is -2.39. The van der Waals surface area contributed by atoms with Crippen molar-refractivity contribution in [3.63, 3.8) is 0 Å². The number of para-hydroxylation sites is 2. The molecule has 3 rings (SSSR count). The summed E-state index contributed by atoms with van der Waals surface area (Å²) in [5.41, 5.74) is 0.830. The number of nitrogens with zero attached hydrogens (tertiary/aromatic N) is 2. The van der Waals surface area contributed by atoms with Crippen LogP contribution in [0.1, 0.15) is 5.56 Å². The summed E-state index contributed by atoms with van der Waals surface area (Å²) in [6.07, 6.45) is 0. The zero-order valence-corrected chi connectivity index (χ0v) is 19.3. The van der Waals surface area contributed by atoms with E-state index in [0.717, 1.165) is 0 Å². The highest BCUT2D eigenvalue weighted by Gasteiger charge is 2.20. The number of ether oxygens (including phenoxy) is 3. The number of hydrogen-bond donors (Lipinski definition) is 3. The molecule has 1 aliphatic rings. The summed E-state index contributed by atoms with van der Waals surface area (Å²) < 4.78 is 40.5. The van der Waals surface area contributed by atoms with Crippen molar-refractivity contribution in [2.45, 2.75) is 13.2 Å².